The normalized spacial score (nSPS) is 13.4. The molecule has 11 heteroatoms. The van der Waals surface area contributed by atoms with E-state index in [2.05, 4.69) is 38.5 Å². The fourth-order valence-electron chi connectivity index (χ4n) is 4.01. The summed E-state index contributed by atoms with van der Waals surface area (Å²) in [6.07, 6.45) is 3.75. The Morgan fingerprint density at radius 3 is 2.59 bits per heavy atom. The summed E-state index contributed by atoms with van der Waals surface area (Å²) in [6.45, 7) is 3.46. The van der Waals surface area contributed by atoms with Gasteiger partial charge in [0.05, 0.1) is 18.7 Å². The minimum absolute atomic E-state index is 0.226. The van der Waals surface area contributed by atoms with Gasteiger partial charge < -0.3 is 21.1 Å². The van der Waals surface area contributed by atoms with Gasteiger partial charge in [0, 0.05) is 16.8 Å². The maximum Gasteiger partial charge on any atom is 0.256 e. The molecule has 1 fully saturated rings. The number of hydrogen-bond donors (Lipinski definition) is 3. The number of fused-ring (bicyclic) bond motifs is 1. The standard InChI is InChI=1S/C26H22N8O3/c1-3-20(35)31-17-7-4-15(5-8-17)22-21(23-24(28)29-14-30-34(23)33-22)16-6-9-18(19(12-16)37-2)25(36)32-26(13-27)10-11-26/h3-9,12,14H,1,10-11H2,2H3,(H,31,35)(H,32,36)(H2,28,29,30). The number of amides is 2. The molecule has 0 bridgehead atoms. The van der Waals surface area contributed by atoms with Gasteiger partial charge in [-0.15, -0.1) is 14.8 Å². The molecule has 0 spiro atoms. The van der Waals surface area contributed by atoms with Crippen LogP contribution in [0.4, 0.5) is 11.5 Å². The van der Waals surface area contributed by atoms with E-state index in [0.717, 1.165) is 5.56 Å². The van der Waals surface area contributed by atoms with Gasteiger partial charge in [-0.05, 0) is 48.7 Å². The molecule has 11 nitrogen and oxygen atoms in total. The molecule has 2 amide bonds. The number of nitriles is 1. The SMILES string of the molecule is C=CC(=O)Nc1ccc(-c2nn3ncnc(N)c3c2-c2ccc(C(=O)NC3(C#N)CC3)c(OC)c2)cc1. The highest BCUT2D eigenvalue weighted by molar-refractivity contribution is 6.01. The summed E-state index contributed by atoms with van der Waals surface area (Å²) in [7, 11) is 1.47. The van der Waals surface area contributed by atoms with Gasteiger partial charge in [0.15, 0.2) is 5.82 Å². The van der Waals surface area contributed by atoms with Crippen LogP contribution in [0.2, 0.25) is 0 Å². The Balaban J connectivity index is 1.60. The minimum Gasteiger partial charge on any atom is -0.496 e. The molecule has 4 N–H and O–H groups in total. The number of methoxy groups -OCH3 is 1. The number of nitrogens with one attached hydrogen (secondary N) is 2. The van der Waals surface area contributed by atoms with Crippen molar-refractivity contribution >= 4 is 28.8 Å². The van der Waals surface area contributed by atoms with Crippen LogP contribution in [-0.4, -0.2) is 44.3 Å². The predicted octanol–water partition coefficient (Wildman–Crippen LogP) is 2.96. The quantitative estimate of drug-likeness (QED) is 0.331. The van der Waals surface area contributed by atoms with E-state index in [9.17, 15) is 14.9 Å². The average Bonchev–Trinajstić information content (AvgIpc) is 3.58. The van der Waals surface area contributed by atoms with Crippen LogP contribution in [0, 0.1) is 11.3 Å². The van der Waals surface area contributed by atoms with E-state index in [1.54, 1.807) is 30.3 Å². The van der Waals surface area contributed by atoms with Gasteiger partial charge in [0.1, 0.15) is 28.8 Å². The lowest BCUT2D eigenvalue weighted by atomic mass is 9.98. The molecule has 37 heavy (non-hydrogen) atoms. The number of benzene rings is 2. The molecular weight excluding hydrogens is 472 g/mol. The molecule has 4 aromatic rings. The van der Waals surface area contributed by atoms with Crippen molar-refractivity contribution in [3.8, 4) is 34.2 Å². The lowest BCUT2D eigenvalue weighted by molar-refractivity contribution is -0.111. The van der Waals surface area contributed by atoms with Gasteiger partial charge in [-0.2, -0.15) is 5.26 Å². The number of aromatic nitrogens is 4. The summed E-state index contributed by atoms with van der Waals surface area (Å²) in [4.78, 5) is 28.6. The number of hydrogen-bond acceptors (Lipinski definition) is 8. The minimum atomic E-state index is -0.806. The number of anilines is 2. The van der Waals surface area contributed by atoms with Crippen molar-refractivity contribution in [2.24, 2.45) is 0 Å². The summed E-state index contributed by atoms with van der Waals surface area (Å²) < 4.78 is 6.94. The average molecular weight is 495 g/mol. The fraction of sp³-hybridized carbons (Fsp3) is 0.154. The molecule has 5 rings (SSSR count). The van der Waals surface area contributed by atoms with Crippen molar-refractivity contribution in [1.29, 1.82) is 5.26 Å². The number of ether oxygens (including phenoxy) is 1. The van der Waals surface area contributed by atoms with E-state index >= 15 is 0 Å². The third kappa shape index (κ3) is 4.32. The van der Waals surface area contributed by atoms with Crippen molar-refractivity contribution < 1.29 is 14.3 Å². The molecule has 1 aliphatic rings. The number of nitrogens with two attached hydrogens (primary N) is 1. The monoisotopic (exact) mass is 494 g/mol. The number of nitrogen functional groups attached to an aromatic ring is 1. The summed E-state index contributed by atoms with van der Waals surface area (Å²) in [6, 6.07) is 14.4. The van der Waals surface area contributed by atoms with Crippen LogP contribution >= 0.6 is 0 Å². The lowest BCUT2D eigenvalue weighted by Crippen LogP contribution is -2.35. The molecule has 1 aliphatic carbocycles. The molecule has 1 saturated carbocycles. The Kier molecular flexibility index (Phi) is 5.77. The summed E-state index contributed by atoms with van der Waals surface area (Å²) in [5.74, 6) is -0.151. The third-order valence-corrected chi connectivity index (χ3v) is 6.13. The Morgan fingerprint density at radius 2 is 1.95 bits per heavy atom. The van der Waals surface area contributed by atoms with Crippen LogP contribution in [-0.2, 0) is 4.79 Å². The van der Waals surface area contributed by atoms with Crippen LogP contribution in [0.15, 0.2) is 61.4 Å². The zero-order chi connectivity index (χ0) is 26.2. The van der Waals surface area contributed by atoms with Crippen molar-refractivity contribution in [3.63, 3.8) is 0 Å². The van der Waals surface area contributed by atoms with E-state index in [1.807, 2.05) is 12.1 Å². The highest BCUT2D eigenvalue weighted by atomic mass is 16.5. The molecule has 0 atom stereocenters. The van der Waals surface area contributed by atoms with E-state index in [4.69, 9.17) is 10.5 Å². The smallest absolute Gasteiger partial charge is 0.256 e. The molecule has 0 unspecified atom stereocenters. The molecule has 2 heterocycles. The molecular formula is C26H22N8O3. The molecule has 2 aromatic carbocycles. The van der Waals surface area contributed by atoms with Gasteiger partial charge >= 0.3 is 0 Å². The lowest BCUT2D eigenvalue weighted by Gasteiger charge is -2.14. The highest BCUT2D eigenvalue weighted by Gasteiger charge is 2.45. The van der Waals surface area contributed by atoms with Gasteiger partial charge in [-0.25, -0.2) is 4.98 Å². The summed E-state index contributed by atoms with van der Waals surface area (Å²) in [5.41, 5.74) is 9.42. The van der Waals surface area contributed by atoms with Gasteiger partial charge in [-0.3, -0.25) is 9.59 Å². The van der Waals surface area contributed by atoms with E-state index < -0.39 is 5.54 Å². The Labute approximate surface area is 211 Å². The molecule has 184 valence electrons. The second kappa shape index (κ2) is 9.09. The maximum atomic E-state index is 12.9. The van der Waals surface area contributed by atoms with Gasteiger partial charge in [-0.1, -0.05) is 24.8 Å². The van der Waals surface area contributed by atoms with Crippen molar-refractivity contribution in [3.05, 3.63) is 67.0 Å². The van der Waals surface area contributed by atoms with Crippen LogP contribution in [0.1, 0.15) is 23.2 Å². The fourth-order valence-corrected chi connectivity index (χ4v) is 4.01. The largest absolute Gasteiger partial charge is 0.496 e. The predicted molar refractivity (Wildman–Crippen MR) is 136 cm³/mol. The van der Waals surface area contributed by atoms with E-state index in [1.165, 1.54) is 24.1 Å². The first kappa shape index (κ1) is 23.5. The van der Waals surface area contributed by atoms with Crippen LogP contribution < -0.4 is 21.1 Å². The van der Waals surface area contributed by atoms with Crippen LogP contribution in [0.5, 0.6) is 5.75 Å². The number of nitrogens with zero attached hydrogens (tertiary/aromatic N) is 5. The molecule has 0 saturated heterocycles. The first-order valence-corrected chi connectivity index (χ1v) is 11.3. The topological polar surface area (TPSA) is 160 Å². The van der Waals surface area contributed by atoms with E-state index in [-0.39, 0.29) is 17.6 Å². The number of carbonyl (C=O) groups is 2. The Morgan fingerprint density at radius 1 is 1.22 bits per heavy atom. The Bertz CT molecular complexity index is 1600. The first-order valence-electron chi connectivity index (χ1n) is 11.3. The number of carbonyl (C=O) groups excluding carboxylic acids is 2. The van der Waals surface area contributed by atoms with Gasteiger partial charge in [0.25, 0.3) is 5.91 Å². The molecule has 2 aromatic heterocycles. The maximum absolute atomic E-state index is 12.9. The third-order valence-electron chi connectivity index (χ3n) is 6.13. The van der Waals surface area contributed by atoms with Gasteiger partial charge in [0.2, 0.25) is 5.91 Å². The van der Waals surface area contributed by atoms with Crippen molar-refractivity contribution in [1.82, 2.24) is 25.1 Å². The van der Waals surface area contributed by atoms with Crippen molar-refractivity contribution in [2.45, 2.75) is 18.4 Å². The summed E-state index contributed by atoms with van der Waals surface area (Å²) >= 11 is 0. The van der Waals surface area contributed by atoms with Crippen LogP contribution in [0.3, 0.4) is 0 Å². The Hall–Kier alpha value is -5.24. The second-order valence-corrected chi connectivity index (χ2v) is 8.54. The van der Waals surface area contributed by atoms with E-state index in [0.29, 0.717) is 52.2 Å². The molecule has 0 radical (unpaired) electrons. The summed E-state index contributed by atoms with van der Waals surface area (Å²) in [5, 5.41) is 23.7. The van der Waals surface area contributed by atoms with Crippen LogP contribution in [0.25, 0.3) is 27.9 Å². The van der Waals surface area contributed by atoms with Crippen molar-refractivity contribution in [2.75, 3.05) is 18.2 Å². The first-order chi connectivity index (χ1) is 17.9. The zero-order valence-corrected chi connectivity index (χ0v) is 19.9. The highest BCUT2D eigenvalue weighted by Crippen LogP contribution is 2.39. The molecule has 0 aliphatic heterocycles. The second-order valence-electron chi connectivity index (χ2n) is 8.54. The number of rotatable bonds is 7. The zero-order valence-electron chi connectivity index (χ0n) is 19.9.